The summed E-state index contributed by atoms with van der Waals surface area (Å²) < 4.78 is 16.9. The van der Waals surface area contributed by atoms with E-state index in [9.17, 15) is 0 Å². The van der Waals surface area contributed by atoms with Crippen LogP contribution in [-0.2, 0) is 20.8 Å². The second-order valence-electron chi connectivity index (χ2n) is 4.67. The molecule has 0 radical (unpaired) electrons. The van der Waals surface area contributed by atoms with E-state index in [4.69, 9.17) is 14.2 Å². The highest BCUT2D eigenvalue weighted by atomic mass is 16.7. The Balaban J connectivity index is 1.59. The van der Waals surface area contributed by atoms with E-state index in [2.05, 4.69) is 12.1 Å². The van der Waals surface area contributed by atoms with E-state index in [1.807, 2.05) is 32.0 Å². The molecule has 100 valence electrons. The SMILES string of the molecule is CCOC(C)OC1CC(OCc2ccccc2)C1. The summed E-state index contributed by atoms with van der Waals surface area (Å²) >= 11 is 0. The molecule has 0 N–H and O–H groups in total. The molecule has 3 nitrogen and oxygen atoms in total. The molecule has 0 heterocycles. The molecule has 18 heavy (non-hydrogen) atoms. The van der Waals surface area contributed by atoms with Crippen LogP contribution in [0.5, 0.6) is 0 Å². The second-order valence-corrected chi connectivity index (χ2v) is 4.67. The minimum Gasteiger partial charge on any atom is -0.373 e. The third-order valence-corrected chi connectivity index (χ3v) is 3.17. The van der Waals surface area contributed by atoms with Gasteiger partial charge in [0, 0.05) is 19.4 Å². The highest BCUT2D eigenvalue weighted by molar-refractivity contribution is 5.13. The van der Waals surface area contributed by atoms with Gasteiger partial charge in [-0.05, 0) is 19.4 Å². The largest absolute Gasteiger partial charge is 0.373 e. The van der Waals surface area contributed by atoms with Crippen molar-refractivity contribution in [1.82, 2.24) is 0 Å². The van der Waals surface area contributed by atoms with E-state index in [0.717, 1.165) is 12.8 Å². The molecule has 1 fully saturated rings. The molecule has 1 unspecified atom stereocenters. The van der Waals surface area contributed by atoms with Crippen molar-refractivity contribution >= 4 is 0 Å². The molecule has 1 atom stereocenters. The average molecular weight is 250 g/mol. The van der Waals surface area contributed by atoms with Gasteiger partial charge in [-0.15, -0.1) is 0 Å². The Kier molecular flexibility index (Phi) is 5.17. The molecule has 1 saturated carbocycles. The van der Waals surface area contributed by atoms with Gasteiger partial charge in [0.1, 0.15) is 0 Å². The minimum absolute atomic E-state index is 0.102. The van der Waals surface area contributed by atoms with Gasteiger partial charge in [0.15, 0.2) is 6.29 Å². The number of rotatable bonds is 7. The Morgan fingerprint density at radius 3 is 2.56 bits per heavy atom. The topological polar surface area (TPSA) is 27.7 Å². The maximum absolute atomic E-state index is 5.81. The van der Waals surface area contributed by atoms with Crippen molar-refractivity contribution in [1.29, 1.82) is 0 Å². The van der Waals surface area contributed by atoms with Crippen molar-refractivity contribution < 1.29 is 14.2 Å². The van der Waals surface area contributed by atoms with E-state index in [1.165, 1.54) is 5.56 Å². The highest BCUT2D eigenvalue weighted by Crippen LogP contribution is 2.28. The summed E-state index contributed by atoms with van der Waals surface area (Å²) in [4.78, 5) is 0. The van der Waals surface area contributed by atoms with Crippen molar-refractivity contribution in [3.8, 4) is 0 Å². The fourth-order valence-electron chi connectivity index (χ4n) is 2.10. The summed E-state index contributed by atoms with van der Waals surface area (Å²) in [5.74, 6) is 0. The minimum atomic E-state index is -0.102. The van der Waals surface area contributed by atoms with Gasteiger partial charge in [-0.1, -0.05) is 30.3 Å². The zero-order valence-corrected chi connectivity index (χ0v) is 11.2. The molecule has 0 bridgehead atoms. The summed E-state index contributed by atoms with van der Waals surface area (Å²) in [6.07, 6.45) is 2.49. The Hall–Kier alpha value is -0.900. The van der Waals surface area contributed by atoms with Gasteiger partial charge in [-0.25, -0.2) is 0 Å². The molecule has 1 aromatic carbocycles. The number of hydrogen-bond donors (Lipinski definition) is 0. The van der Waals surface area contributed by atoms with Crippen LogP contribution in [0.25, 0.3) is 0 Å². The lowest BCUT2D eigenvalue weighted by Crippen LogP contribution is -2.39. The maximum atomic E-state index is 5.81. The zero-order chi connectivity index (χ0) is 12.8. The summed E-state index contributed by atoms with van der Waals surface area (Å²) in [6.45, 7) is 5.31. The summed E-state index contributed by atoms with van der Waals surface area (Å²) in [6, 6.07) is 10.3. The number of benzene rings is 1. The fourth-order valence-corrected chi connectivity index (χ4v) is 2.10. The summed E-state index contributed by atoms with van der Waals surface area (Å²) in [7, 11) is 0. The molecule has 3 heteroatoms. The standard InChI is InChI=1S/C15H22O3/c1-3-16-12(2)18-15-9-14(10-15)17-11-13-7-5-4-6-8-13/h4-8,12,14-15H,3,9-11H2,1-2H3. The van der Waals surface area contributed by atoms with Crippen molar-refractivity contribution in [3.05, 3.63) is 35.9 Å². The predicted molar refractivity (Wildman–Crippen MR) is 70.2 cm³/mol. The van der Waals surface area contributed by atoms with Gasteiger partial charge in [0.05, 0.1) is 18.8 Å². The summed E-state index contributed by atoms with van der Waals surface area (Å²) in [5, 5.41) is 0. The Labute approximate surface area is 109 Å². The zero-order valence-electron chi connectivity index (χ0n) is 11.2. The van der Waals surface area contributed by atoms with Crippen molar-refractivity contribution in [2.45, 2.75) is 51.8 Å². The Morgan fingerprint density at radius 2 is 1.89 bits per heavy atom. The van der Waals surface area contributed by atoms with Gasteiger partial charge in [0.2, 0.25) is 0 Å². The molecule has 0 saturated heterocycles. The molecule has 1 aromatic rings. The van der Waals surface area contributed by atoms with Crippen LogP contribution in [-0.4, -0.2) is 25.1 Å². The molecule has 0 aliphatic heterocycles. The van der Waals surface area contributed by atoms with Crippen LogP contribution in [0.15, 0.2) is 30.3 Å². The number of hydrogen-bond acceptors (Lipinski definition) is 3. The van der Waals surface area contributed by atoms with Crippen LogP contribution in [0.3, 0.4) is 0 Å². The first-order valence-electron chi connectivity index (χ1n) is 6.70. The van der Waals surface area contributed by atoms with Gasteiger partial charge in [0.25, 0.3) is 0 Å². The van der Waals surface area contributed by atoms with Crippen molar-refractivity contribution in [3.63, 3.8) is 0 Å². The molecular weight excluding hydrogens is 228 g/mol. The van der Waals surface area contributed by atoms with Crippen LogP contribution >= 0.6 is 0 Å². The second kappa shape index (κ2) is 6.88. The first-order chi connectivity index (χ1) is 8.78. The first kappa shape index (κ1) is 13.5. The van der Waals surface area contributed by atoms with Crippen molar-refractivity contribution in [2.24, 2.45) is 0 Å². The Morgan fingerprint density at radius 1 is 1.17 bits per heavy atom. The van der Waals surface area contributed by atoms with Crippen LogP contribution in [0.1, 0.15) is 32.3 Å². The van der Waals surface area contributed by atoms with Crippen LogP contribution in [0, 0.1) is 0 Å². The average Bonchev–Trinajstić information content (AvgIpc) is 2.33. The molecule has 1 aliphatic rings. The van der Waals surface area contributed by atoms with E-state index in [-0.39, 0.29) is 6.29 Å². The van der Waals surface area contributed by atoms with E-state index >= 15 is 0 Å². The van der Waals surface area contributed by atoms with Crippen LogP contribution in [0.4, 0.5) is 0 Å². The van der Waals surface area contributed by atoms with Crippen LogP contribution < -0.4 is 0 Å². The van der Waals surface area contributed by atoms with E-state index in [1.54, 1.807) is 0 Å². The van der Waals surface area contributed by atoms with Crippen LogP contribution in [0.2, 0.25) is 0 Å². The van der Waals surface area contributed by atoms with Gasteiger partial charge in [-0.3, -0.25) is 0 Å². The first-order valence-corrected chi connectivity index (χ1v) is 6.70. The molecule has 0 spiro atoms. The summed E-state index contributed by atoms with van der Waals surface area (Å²) in [5.41, 5.74) is 1.23. The monoisotopic (exact) mass is 250 g/mol. The Bertz CT molecular complexity index is 333. The third-order valence-electron chi connectivity index (χ3n) is 3.17. The third kappa shape index (κ3) is 4.09. The van der Waals surface area contributed by atoms with Crippen molar-refractivity contribution in [2.75, 3.05) is 6.61 Å². The maximum Gasteiger partial charge on any atom is 0.155 e. The molecular formula is C15H22O3. The quantitative estimate of drug-likeness (QED) is 0.696. The molecule has 0 aromatic heterocycles. The lowest BCUT2D eigenvalue weighted by molar-refractivity contribution is -0.201. The smallest absolute Gasteiger partial charge is 0.155 e. The van der Waals surface area contributed by atoms with E-state index in [0.29, 0.717) is 25.4 Å². The predicted octanol–water partition coefficient (Wildman–Crippen LogP) is 3.13. The van der Waals surface area contributed by atoms with Gasteiger partial charge in [-0.2, -0.15) is 0 Å². The highest BCUT2D eigenvalue weighted by Gasteiger charge is 2.31. The number of ether oxygens (including phenoxy) is 3. The van der Waals surface area contributed by atoms with Gasteiger partial charge < -0.3 is 14.2 Å². The van der Waals surface area contributed by atoms with Gasteiger partial charge >= 0.3 is 0 Å². The normalized spacial score (nSPS) is 24.6. The lowest BCUT2D eigenvalue weighted by Gasteiger charge is -2.36. The fraction of sp³-hybridized carbons (Fsp3) is 0.600. The van der Waals surface area contributed by atoms with E-state index < -0.39 is 0 Å². The molecule has 1 aliphatic carbocycles. The molecule has 0 amide bonds. The lowest BCUT2D eigenvalue weighted by atomic mass is 9.92. The molecule has 2 rings (SSSR count).